The molecule has 0 spiro atoms. The third kappa shape index (κ3) is 3.30. The molecule has 0 aliphatic rings. The fourth-order valence-electron chi connectivity index (χ4n) is 1.79. The molecule has 112 valence electrons. The van der Waals surface area contributed by atoms with Crippen LogP contribution in [0.15, 0.2) is 41.3 Å². The second-order valence-corrected chi connectivity index (χ2v) is 6.03. The molecule has 0 heterocycles. The highest BCUT2D eigenvalue weighted by molar-refractivity contribution is 7.92. The van der Waals surface area contributed by atoms with Gasteiger partial charge in [0, 0.05) is 6.07 Å². The van der Waals surface area contributed by atoms with Gasteiger partial charge >= 0.3 is 0 Å². The Morgan fingerprint density at radius 3 is 2.43 bits per heavy atom. The molecule has 0 saturated heterocycles. The lowest BCUT2D eigenvalue weighted by Crippen LogP contribution is -2.15. The van der Waals surface area contributed by atoms with E-state index in [1.165, 1.54) is 7.11 Å². The van der Waals surface area contributed by atoms with Crippen LogP contribution in [0, 0.1) is 18.6 Å². The van der Waals surface area contributed by atoms with Crippen molar-refractivity contribution in [2.45, 2.75) is 11.8 Å². The molecular weight excluding hydrogens is 300 g/mol. The zero-order chi connectivity index (χ0) is 15.6. The van der Waals surface area contributed by atoms with Crippen LogP contribution in [-0.4, -0.2) is 15.5 Å². The normalized spacial score (nSPS) is 11.2. The van der Waals surface area contributed by atoms with Crippen LogP contribution in [-0.2, 0) is 10.0 Å². The first-order valence-corrected chi connectivity index (χ1v) is 7.44. The summed E-state index contributed by atoms with van der Waals surface area (Å²) in [4.78, 5) is -0.632. The molecule has 0 fully saturated rings. The maximum atomic E-state index is 13.6. The number of methoxy groups -OCH3 is 1. The lowest BCUT2D eigenvalue weighted by molar-refractivity contribution is 0.416. The summed E-state index contributed by atoms with van der Waals surface area (Å²) in [5.74, 6) is -1.71. The summed E-state index contributed by atoms with van der Waals surface area (Å²) in [5, 5.41) is 0. The number of rotatable bonds is 4. The lowest BCUT2D eigenvalue weighted by atomic mass is 10.2. The summed E-state index contributed by atoms with van der Waals surface area (Å²) in [5.41, 5.74) is 0.981. The molecule has 2 aromatic rings. The lowest BCUT2D eigenvalue weighted by Gasteiger charge is -2.13. The van der Waals surface area contributed by atoms with Gasteiger partial charge in [-0.05, 0) is 36.8 Å². The van der Waals surface area contributed by atoms with Gasteiger partial charge in [0.2, 0.25) is 0 Å². The Hall–Kier alpha value is -2.15. The number of aryl methyl sites for hydroxylation is 1. The summed E-state index contributed by atoms with van der Waals surface area (Å²) in [7, 11) is -2.79. The molecule has 0 aromatic heterocycles. The van der Waals surface area contributed by atoms with E-state index in [2.05, 4.69) is 4.72 Å². The number of ether oxygens (including phenoxy) is 1. The predicted octanol–water partition coefficient (Wildman–Crippen LogP) is 3.08. The third-order valence-corrected chi connectivity index (χ3v) is 4.18. The number of halogens is 2. The predicted molar refractivity (Wildman–Crippen MR) is 74.9 cm³/mol. The second-order valence-electron chi connectivity index (χ2n) is 4.38. The molecule has 1 N–H and O–H groups in total. The van der Waals surface area contributed by atoms with E-state index >= 15 is 0 Å². The summed E-state index contributed by atoms with van der Waals surface area (Å²) in [6, 6.07) is 7.16. The fourth-order valence-corrected chi connectivity index (χ4v) is 2.92. The Morgan fingerprint density at radius 2 is 1.81 bits per heavy atom. The van der Waals surface area contributed by atoms with Crippen molar-refractivity contribution in [3.05, 3.63) is 53.6 Å². The fraction of sp³-hybridized carbons (Fsp3) is 0.143. The molecule has 0 bridgehead atoms. The summed E-state index contributed by atoms with van der Waals surface area (Å²) in [6.07, 6.45) is 0. The average molecular weight is 313 g/mol. The second kappa shape index (κ2) is 5.69. The van der Waals surface area contributed by atoms with Gasteiger partial charge in [0.15, 0.2) is 0 Å². The summed E-state index contributed by atoms with van der Waals surface area (Å²) >= 11 is 0. The first kappa shape index (κ1) is 15.2. The van der Waals surface area contributed by atoms with Gasteiger partial charge in [0.05, 0.1) is 12.8 Å². The molecule has 21 heavy (non-hydrogen) atoms. The number of benzene rings is 2. The molecule has 4 nitrogen and oxygen atoms in total. The topological polar surface area (TPSA) is 55.4 Å². The number of hydrogen-bond donors (Lipinski definition) is 1. The van der Waals surface area contributed by atoms with Crippen LogP contribution >= 0.6 is 0 Å². The van der Waals surface area contributed by atoms with Gasteiger partial charge in [-0.2, -0.15) is 0 Å². The Bertz CT molecular complexity index is 776. The van der Waals surface area contributed by atoms with E-state index in [9.17, 15) is 17.2 Å². The number of nitrogens with one attached hydrogen (secondary N) is 1. The highest BCUT2D eigenvalue weighted by Gasteiger charge is 2.21. The van der Waals surface area contributed by atoms with Crippen LogP contribution in [0.4, 0.5) is 14.5 Å². The van der Waals surface area contributed by atoms with Gasteiger partial charge in [0.1, 0.15) is 22.3 Å². The molecule has 0 aliphatic carbocycles. The monoisotopic (exact) mass is 313 g/mol. The van der Waals surface area contributed by atoms with Crippen LogP contribution in [0.1, 0.15) is 5.56 Å². The summed E-state index contributed by atoms with van der Waals surface area (Å²) in [6.45, 7) is 1.77. The van der Waals surface area contributed by atoms with Gasteiger partial charge < -0.3 is 4.74 Å². The van der Waals surface area contributed by atoms with E-state index in [4.69, 9.17) is 4.74 Å². The van der Waals surface area contributed by atoms with E-state index in [0.29, 0.717) is 11.8 Å². The van der Waals surface area contributed by atoms with Crippen molar-refractivity contribution in [3.8, 4) is 5.75 Å². The maximum Gasteiger partial charge on any atom is 0.264 e. The van der Waals surface area contributed by atoms with Crippen LogP contribution < -0.4 is 9.46 Å². The molecule has 0 radical (unpaired) electrons. The highest BCUT2D eigenvalue weighted by atomic mass is 32.2. The third-order valence-electron chi connectivity index (χ3n) is 2.78. The zero-order valence-corrected chi connectivity index (χ0v) is 12.2. The number of anilines is 1. The van der Waals surface area contributed by atoms with Crippen molar-refractivity contribution in [2.24, 2.45) is 0 Å². The Kier molecular flexibility index (Phi) is 4.13. The van der Waals surface area contributed by atoms with E-state index in [1.807, 2.05) is 0 Å². The molecule has 7 heteroatoms. The van der Waals surface area contributed by atoms with Gasteiger partial charge in [-0.15, -0.1) is 0 Å². The van der Waals surface area contributed by atoms with Gasteiger partial charge in [-0.1, -0.05) is 6.07 Å². The van der Waals surface area contributed by atoms with E-state index in [-0.39, 0.29) is 5.69 Å². The minimum Gasteiger partial charge on any atom is -0.495 e. The van der Waals surface area contributed by atoms with Crippen molar-refractivity contribution in [2.75, 3.05) is 11.8 Å². The minimum absolute atomic E-state index is 0.182. The smallest absolute Gasteiger partial charge is 0.264 e. The van der Waals surface area contributed by atoms with Gasteiger partial charge in [-0.25, -0.2) is 17.2 Å². The number of sulfonamides is 1. The Labute approximate surface area is 121 Å². The van der Waals surface area contributed by atoms with Crippen LogP contribution in [0.3, 0.4) is 0 Å². The van der Waals surface area contributed by atoms with Gasteiger partial charge in [-0.3, -0.25) is 4.72 Å². The Morgan fingerprint density at radius 1 is 1.10 bits per heavy atom. The van der Waals surface area contributed by atoms with Crippen molar-refractivity contribution >= 4 is 15.7 Å². The number of hydrogen-bond acceptors (Lipinski definition) is 3. The Balaban J connectivity index is 2.44. The van der Waals surface area contributed by atoms with Crippen molar-refractivity contribution in [1.82, 2.24) is 0 Å². The average Bonchev–Trinajstić information content (AvgIpc) is 2.37. The van der Waals surface area contributed by atoms with E-state index in [1.54, 1.807) is 25.1 Å². The van der Waals surface area contributed by atoms with E-state index in [0.717, 1.165) is 17.7 Å². The first-order valence-electron chi connectivity index (χ1n) is 5.96. The summed E-state index contributed by atoms with van der Waals surface area (Å²) < 4.78 is 58.1. The largest absolute Gasteiger partial charge is 0.495 e. The van der Waals surface area contributed by atoms with Gasteiger partial charge in [0.25, 0.3) is 10.0 Å². The molecule has 0 amide bonds. The minimum atomic E-state index is -4.18. The molecule has 2 rings (SSSR count). The molecule has 0 saturated carbocycles. The van der Waals surface area contributed by atoms with Crippen LogP contribution in [0.2, 0.25) is 0 Å². The SMILES string of the molecule is COc1ccc(C)cc1NS(=O)(=O)c1ccc(F)cc1F. The van der Waals surface area contributed by atoms with Crippen LogP contribution in [0.5, 0.6) is 5.75 Å². The molecule has 0 unspecified atom stereocenters. The van der Waals surface area contributed by atoms with Crippen LogP contribution in [0.25, 0.3) is 0 Å². The molecular formula is C14H13F2NO3S. The maximum absolute atomic E-state index is 13.6. The van der Waals surface area contributed by atoms with Crippen molar-refractivity contribution in [3.63, 3.8) is 0 Å². The van der Waals surface area contributed by atoms with Crippen molar-refractivity contribution in [1.29, 1.82) is 0 Å². The van der Waals surface area contributed by atoms with Crippen molar-refractivity contribution < 1.29 is 21.9 Å². The highest BCUT2D eigenvalue weighted by Crippen LogP contribution is 2.28. The molecule has 0 atom stereocenters. The molecule has 2 aromatic carbocycles. The molecule has 0 aliphatic heterocycles. The first-order chi connectivity index (χ1) is 9.83. The standard InChI is InChI=1S/C14H13F2NO3S/c1-9-3-5-13(20-2)12(7-9)17-21(18,19)14-6-4-10(15)8-11(14)16/h3-8,17H,1-2H3. The quantitative estimate of drug-likeness (QED) is 0.944. The van der Waals surface area contributed by atoms with E-state index < -0.39 is 26.6 Å². The zero-order valence-electron chi connectivity index (χ0n) is 11.4.